The van der Waals surface area contributed by atoms with Crippen molar-refractivity contribution in [1.82, 2.24) is 10.2 Å². The van der Waals surface area contributed by atoms with Crippen molar-refractivity contribution in [3.05, 3.63) is 59.4 Å². The van der Waals surface area contributed by atoms with Gasteiger partial charge < -0.3 is 14.8 Å². The number of nitrogens with zero attached hydrogens (tertiary/aromatic N) is 1. The Balaban J connectivity index is 0.00000210. The van der Waals surface area contributed by atoms with Gasteiger partial charge in [0.2, 0.25) is 0 Å². The predicted octanol–water partition coefficient (Wildman–Crippen LogP) is 4.57. The molecule has 1 fully saturated rings. The van der Waals surface area contributed by atoms with Crippen molar-refractivity contribution in [2.24, 2.45) is 0 Å². The molecule has 29 heavy (non-hydrogen) atoms. The average molecular weight is 457 g/mol. The van der Waals surface area contributed by atoms with Crippen LogP contribution in [0.15, 0.2) is 42.5 Å². The number of alkyl halides is 3. The Morgan fingerprint density at radius 2 is 1.62 bits per heavy atom. The van der Waals surface area contributed by atoms with E-state index in [9.17, 15) is 17.6 Å². The highest BCUT2D eigenvalue weighted by molar-refractivity contribution is 5.85. The lowest BCUT2D eigenvalue weighted by atomic mass is 9.95. The van der Waals surface area contributed by atoms with Gasteiger partial charge >= 0.3 is 6.36 Å². The molecule has 1 aliphatic heterocycles. The van der Waals surface area contributed by atoms with Gasteiger partial charge in [0.25, 0.3) is 0 Å². The van der Waals surface area contributed by atoms with Crippen LogP contribution in [0.1, 0.15) is 17.2 Å². The van der Waals surface area contributed by atoms with E-state index < -0.39 is 12.2 Å². The van der Waals surface area contributed by atoms with Crippen LogP contribution < -0.4 is 14.8 Å². The molecule has 0 saturated carbocycles. The van der Waals surface area contributed by atoms with Crippen molar-refractivity contribution in [2.45, 2.75) is 12.4 Å². The van der Waals surface area contributed by atoms with Crippen molar-refractivity contribution < 1.29 is 27.0 Å². The first-order valence-corrected chi connectivity index (χ1v) is 8.51. The minimum Gasteiger partial charge on any atom is -0.496 e. The fourth-order valence-electron chi connectivity index (χ4n) is 3.29. The molecule has 10 heteroatoms. The zero-order valence-corrected chi connectivity index (χ0v) is 17.2. The number of benzene rings is 2. The molecule has 162 valence electrons. The molecule has 0 spiro atoms. The average Bonchev–Trinajstić information content (AvgIpc) is 2.64. The van der Waals surface area contributed by atoms with Crippen LogP contribution in [0.4, 0.5) is 17.6 Å². The second-order valence-corrected chi connectivity index (χ2v) is 6.19. The minimum atomic E-state index is -4.74. The quantitative estimate of drug-likeness (QED) is 0.668. The van der Waals surface area contributed by atoms with Gasteiger partial charge in [0.1, 0.15) is 17.3 Å². The van der Waals surface area contributed by atoms with Crippen LogP contribution in [0, 0.1) is 5.82 Å². The zero-order valence-electron chi connectivity index (χ0n) is 15.5. The van der Waals surface area contributed by atoms with E-state index in [0.717, 1.165) is 37.3 Å². The summed E-state index contributed by atoms with van der Waals surface area (Å²) in [5, 5.41) is 3.27. The van der Waals surface area contributed by atoms with Crippen molar-refractivity contribution in [3.8, 4) is 11.5 Å². The van der Waals surface area contributed by atoms with Crippen molar-refractivity contribution >= 4 is 24.8 Å². The summed E-state index contributed by atoms with van der Waals surface area (Å²) in [5.74, 6) is -0.297. The van der Waals surface area contributed by atoms with E-state index in [1.807, 2.05) is 0 Å². The van der Waals surface area contributed by atoms with Gasteiger partial charge in [0, 0.05) is 37.8 Å². The summed E-state index contributed by atoms with van der Waals surface area (Å²) < 4.78 is 60.1. The standard InChI is InChI=1S/C19H20F4N2O2.2ClH/c1-26-17-12-14(20)4-7-16(17)18(25-10-8-24-9-11-25)13-2-5-15(6-3-13)27-19(21,22)23;;/h2-7,12,18,24H,8-11H2,1H3;2*1H/t18-;;/m0../s1. The van der Waals surface area contributed by atoms with Crippen LogP contribution in [0.25, 0.3) is 0 Å². The second kappa shape index (κ2) is 10.9. The number of nitrogens with one attached hydrogen (secondary N) is 1. The first-order chi connectivity index (χ1) is 12.9. The Kier molecular flexibility index (Phi) is 9.48. The molecule has 4 nitrogen and oxygen atoms in total. The molecule has 1 atom stereocenters. The van der Waals surface area contributed by atoms with Gasteiger partial charge in [0.15, 0.2) is 0 Å². The molecule has 2 aromatic rings. The maximum atomic E-state index is 13.6. The normalized spacial score (nSPS) is 15.6. The molecule has 0 aromatic heterocycles. The van der Waals surface area contributed by atoms with E-state index in [1.165, 1.54) is 31.4 Å². The molecule has 0 aliphatic carbocycles. The molecule has 3 rings (SSSR count). The van der Waals surface area contributed by atoms with E-state index >= 15 is 0 Å². The van der Waals surface area contributed by atoms with Crippen LogP contribution in [0.3, 0.4) is 0 Å². The SMILES string of the molecule is COc1cc(F)ccc1[C@H](c1ccc(OC(F)(F)F)cc1)N1CCNCC1.Cl.Cl. The molecule has 0 amide bonds. The Hall–Kier alpha value is -1.74. The number of methoxy groups -OCH3 is 1. The molecule has 1 aliphatic rings. The Bertz CT molecular complexity index is 770. The first kappa shape index (κ1) is 25.3. The number of ether oxygens (including phenoxy) is 2. The highest BCUT2D eigenvalue weighted by Crippen LogP contribution is 2.36. The highest BCUT2D eigenvalue weighted by Gasteiger charge is 2.31. The smallest absolute Gasteiger partial charge is 0.496 e. The number of halogens is 6. The van der Waals surface area contributed by atoms with Crippen LogP contribution in [-0.2, 0) is 0 Å². The van der Waals surface area contributed by atoms with Crippen molar-refractivity contribution in [3.63, 3.8) is 0 Å². The lowest BCUT2D eigenvalue weighted by molar-refractivity contribution is -0.274. The summed E-state index contributed by atoms with van der Waals surface area (Å²) in [5.41, 5.74) is 1.53. The van der Waals surface area contributed by atoms with Gasteiger partial charge in [-0.1, -0.05) is 18.2 Å². The van der Waals surface area contributed by atoms with Gasteiger partial charge in [-0.3, -0.25) is 4.90 Å². The molecule has 0 unspecified atom stereocenters. The lowest BCUT2D eigenvalue weighted by Crippen LogP contribution is -2.45. The number of rotatable bonds is 5. The number of piperazine rings is 1. The highest BCUT2D eigenvalue weighted by atomic mass is 35.5. The zero-order chi connectivity index (χ0) is 19.4. The van der Waals surface area contributed by atoms with Gasteiger partial charge in [-0.05, 0) is 23.8 Å². The first-order valence-electron chi connectivity index (χ1n) is 8.51. The van der Waals surface area contributed by atoms with Crippen molar-refractivity contribution in [1.29, 1.82) is 0 Å². The van der Waals surface area contributed by atoms with Gasteiger partial charge in [-0.2, -0.15) is 0 Å². The topological polar surface area (TPSA) is 33.7 Å². The van der Waals surface area contributed by atoms with E-state index in [-0.39, 0.29) is 36.6 Å². The van der Waals surface area contributed by atoms with Crippen LogP contribution in [0.2, 0.25) is 0 Å². The van der Waals surface area contributed by atoms with Gasteiger partial charge in [-0.15, -0.1) is 38.0 Å². The Morgan fingerprint density at radius 1 is 1.00 bits per heavy atom. The third-order valence-electron chi connectivity index (χ3n) is 4.44. The van der Waals surface area contributed by atoms with E-state index in [2.05, 4.69) is 15.0 Å². The van der Waals surface area contributed by atoms with Gasteiger partial charge in [-0.25, -0.2) is 4.39 Å². The Labute approximate surface area is 179 Å². The lowest BCUT2D eigenvalue weighted by Gasteiger charge is -2.36. The minimum absolute atomic E-state index is 0. The third kappa shape index (κ3) is 6.64. The summed E-state index contributed by atoms with van der Waals surface area (Å²) in [6.07, 6.45) is -4.74. The molecular weight excluding hydrogens is 435 g/mol. The van der Waals surface area contributed by atoms with Crippen LogP contribution >= 0.6 is 24.8 Å². The summed E-state index contributed by atoms with van der Waals surface area (Å²) in [6, 6.07) is 9.80. The summed E-state index contributed by atoms with van der Waals surface area (Å²) in [7, 11) is 1.47. The largest absolute Gasteiger partial charge is 0.573 e. The third-order valence-corrected chi connectivity index (χ3v) is 4.44. The number of hydrogen-bond donors (Lipinski definition) is 1. The second-order valence-electron chi connectivity index (χ2n) is 6.19. The fourth-order valence-corrected chi connectivity index (χ4v) is 3.29. The summed E-state index contributed by atoms with van der Waals surface area (Å²) in [6.45, 7) is 3.06. The molecule has 1 saturated heterocycles. The van der Waals surface area contributed by atoms with Crippen LogP contribution in [0.5, 0.6) is 11.5 Å². The van der Waals surface area contributed by atoms with Crippen LogP contribution in [-0.4, -0.2) is 44.6 Å². The predicted molar refractivity (Wildman–Crippen MR) is 107 cm³/mol. The molecule has 0 bridgehead atoms. The van der Waals surface area contributed by atoms with E-state index in [0.29, 0.717) is 5.75 Å². The number of hydrogen-bond acceptors (Lipinski definition) is 4. The summed E-state index contributed by atoms with van der Waals surface area (Å²) >= 11 is 0. The monoisotopic (exact) mass is 456 g/mol. The maximum absolute atomic E-state index is 13.6. The molecule has 1 N–H and O–H groups in total. The van der Waals surface area contributed by atoms with E-state index in [4.69, 9.17) is 4.74 Å². The van der Waals surface area contributed by atoms with Gasteiger partial charge in [0.05, 0.1) is 13.2 Å². The summed E-state index contributed by atoms with van der Waals surface area (Å²) in [4.78, 5) is 2.19. The fraction of sp³-hybridized carbons (Fsp3) is 0.368. The molecule has 0 radical (unpaired) electrons. The van der Waals surface area contributed by atoms with Crippen molar-refractivity contribution in [2.75, 3.05) is 33.3 Å². The molecule has 1 heterocycles. The maximum Gasteiger partial charge on any atom is 0.573 e. The molecule has 2 aromatic carbocycles. The Morgan fingerprint density at radius 3 is 2.17 bits per heavy atom. The molecular formula is C19H22Cl2F4N2O2. The van der Waals surface area contributed by atoms with E-state index in [1.54, 1.807) is 18.2 Å².